The Hall–Kier alpha value is -4.11. The van der Waals surface area contributed by atoms with Gasteiger partial charge in [-0.25, -0.2) is 15.0 Å². The van der Waals surface area contributed by atoms with Gasteiger partial charge in [-0.1, -0.05) is 6.08 Å². The number of aromatic nitrogens is 5. The Balaban J connectivity index is 1.62. The van der Waals surface area contributed by atoms with Gasteiger partial charge in [0.05, 0.1) is 17.6 Å². The number of amides is 1. The maximum absolute atomic E-state index is 12.2. The van der Waals surface area contributed by atoms with Crippen molar-refractivity contribution < 1.29 is 4.79 Å². The predicted molar refractivity (Wildman–Crippen MR) is 126 cm³/mol. The summed E-state index contributed by atoms with van der Waals surface area (Å²) in [7, 11) is 5.71. The van der Waals surface area contributed by atoms with Crippen LogP contribution in [0.5, 0.6) is 0 Å². The van der Waals surface area contributed by atoms with Crippen molar-refractivity contribution in [1.82, 2.24) is 29.8 Å². The van der Waals surface area contributed by atoms with Gasteiger partial charge < -0.3 is 20.5 Å². The first-order valence-electron chi connectivity index (χ1n) is 10.1. The molecule has 4 aromatic rings. The number of nitrogens with zero attached hydrogens (tertiary/aromatic N) is 5. The number of anilines is 2. The standard InChI is InChI=1S/C23H24N8O/c1-24-21-9-20(28-14-29-21)19-13-27-23-18(19)8-16(11-26-23)15-7-17(12-25-10-15)30-22(32)5-4-6-31(2)3/h4-5,7-14H,6H2,1-3H3,(H,26,27)(H,30,32)(H,24,28,29)/b5-4+. The summed E-state index contributed by atoms with van der Waals surface area (Å²) in [5.74, 6) is 0.539. The topological polar surface area (TPSA) is 112 Å². The minimum absolute atomic E-state index is 0.198. The van der Waals surface area contributed by atoms with Gasteiger partial charge in [0.2, 0.25) is 5.91 Å². The van der Waals surface area contributed by atoms with E-state index in [0.29, 0.717) is 12.2 Å². The molecule has 0 unspecified atom stereocenters. The predicted octanol–water partition coefficient (Wildman–Crippen LogP) is 3.18. The first-order chi connectivity index (χ1) is 15.5. The van der Waals surface area contributed by atoms with Crippen molar-refractivity contribution in [3.8, 4) is 22.4 Å². The second-order valence-corrected chi connectivity index (χ2v) is 7.48. The molecule has 32 heavy (non-hydrogen) atoms. The number of nitrogens with one attached hydrogen (secondary N) is 3. The van der Waals surface area contributed by atoms with Gasteiger partial charge in [-0.05, 0) is 26.2 Å². The Morgan fingerprint density at radius 3 is 2.75 bits per heavy atom. The highest BCUT2D eigenvalue weighted by Gasteiger charge is 2.11. The molecule has 0 saturated heterocycles. The number of likely N-dealkylation sites (N-methyl/N-ethyl adjacent to an activating group) is 1. The van der Waals surface area contributed by atoms with Crippen LogP contribution in [0.1, 0.15) is 0 Å². The quantitative estimate of drug-likeness (QED) is 0.388. The fourth-order valence-electron chi connectivity index (χ4n) is 3.24. The number of pyridine rings is 2. The van der Waals surface area contributed by atoms with Gasteiger partial charge in [0.1, 0.15) is 17.8 Å². The number of aromatic amines is 1. The molecular weight excluding hydrogens is 404 g/mol. The molecule has 0 bridgehead atoms. The zero-order valence-electron chi connectivity index (χ0n) is 18.1. The summed E-state index contributed by atoms with van der Waals surface area (Å²) >= 11 is 0. The average molecular weight is 429 g/mol. The molecular formula is C23H24N8O. The third kappa shape index (κ3) is 4.79. The van der Waals surface area contributed by atoms with E-state index in [1.807, 2.05) is 56.5 Å². The Kier molecular flexibility index (Phi) is 6.18. The summed E-state index contributed by atoms with van der Waals surface area (Å²) in [5.41, 5.74) is 4.82. The highest BCUT2D eigenvalue weighted by molar-refractivity contribution is 6.00. The molecule has 3 N–H and O–H groups in total. The first-order valence-corrected chi connectivity index (χ1v) is 10.1. The molecule has 0 atom stereocenters. The van der Waals surface area contributed by atoms with Crippen LogP contribution in [0.25, 0.3) is 33.4 Å². The first kappa shape index (κ1) is 21.1. The van der Waals surface area contributed by atoms with E-state index in [2.05, 4.69) is 35.6 Å². The van der Waals surface area contributed by atoms with Gasteiger partial charge in [0.15, 0.2) is 0 Å². The summed E-state index contributed by atoms with van der Waals surface area (Å²) in [6.07, 6.45) is 11.9. The van der Waals surface area contributed by atoms with Gasteiger partial charge in [0.25, 0.3) is 0 Å². The number of carbonyl (C=O) groups is 1. The second kappa shape index (κ2) is 9.36. The molecule has 9 heteroatoms. The average Bonchev–Trinajstić information content (AvgIpc) is 3.22. The van der Waals surface area contributed by atoms with Crippen molar-refractivity contribution in [2.45, 2.75) is 0 Å². The molecule has 0 fully saturated rings. The molecule has 0 spiro atoms. The lowest BCUT2D eigenvalue weighted by Gasteiger charge is -2.07. The Morgan fingerprint density at radius 2 is 1.94 bits per heavy atom. The fraction of sp³-hybridized carbons (Fsp3) is 0.174. The highest BCUT2D eigenvalue weighted by atomic mass is 16.1. The van der Waals surface area contributed by atoms with E-state index < -0.39 is 0 Å². The zero-order chi connectivity index (χ0) is 22.5. The van der Waals surface area contributed by atoms with Crippen molar-refractivity contribution >= 4 is 28.4 Å². The molecule has 0 aromatic carbocycles. The van der Waals surface area contributed by atoms with Crippen LogP contribution in [0, 0.1) is 0 Å². The second-order valence-electron chi connectivity index (χ2n) is 7.48. The van der Waals surface area contributed by atoms with Crippen LogP contribution < -0.4 is 10.6 Å². The summed E-state index contributed by atoms with van der Waals surface area (Å²) in [6, 6.07) is 5.80. The number of H-pyrrole nitrogens is 1. The molecule has 162 valence electrons. The van der Waals surface area contributed by atoms with Crippen LogP contribution in [0.2, 0.25) is 0 Å². The van der Waals surface area contributed by atoms with Crippen LogP contribution >= 0.6 is 0 Å². The molecule has 0 saturated carbocycles. The SMILES string of the molecule is CNc1cc(-c2c[nH]c3ncc(-c4cncc(NC(=O)/C=C/CN(C)C)c4)cc23)ncn1. The van der Waals surface area contributed by atoms with Gasteiger partial charge in [-0.3, -0.25) is 9.78 Å². The Labute approximate surface area is 185 Å². The minimum atomic E-state index is -0.198. The van der Waals surface area contributed by atoms with Crippen molar-refractivity contribution in [1.29, 1.82) is 0 Å². The molecule has 4 rings (SSSR count). The normalized spacial score (nSPS) is 11.4. The van der Waals surface area contributed by atoms with Crippen LogP contribution in [0.4, 0.5) is 11.5 Å². The molecule has 0 aliphatic carbocycles. The number of rotatable bonds is 7. The van der Waals surface area contributed by atoms with Gasteiger partial charge in [-0.15, -0.1) is 0 Å². The number of hydrogen-bond acceptors (Lipinski definition) is 7. The van der Waals surface area contributed by atoms with E-state index in [4.69, 9.17) is 0 Å². The maximum atomic E-state index is 12.2. The summed E-state index contributed by atoms with van der Waals surface area (Å²) in [5, 5.41) is 6.81. The summed E-state index contributed by atoms with van der Waals surface area (Å²) < 4.78 is 0. The summed E-state index contributed by atoms with van der Waals surface area (Å²) in [6.45, 7) is 0.693. The van der Waals surface area contributed by atoms with Gasteiger partial charge >= 0.3 is 0 Å². The molecule has 1 amide bonds. The Bertz CT molecular complexity index is 1280. The minimum Gasteiger partial charge on any atom is -0.373 e. The molecule has 4 aromatic heterocycles. The van der Waals surface area contributed by atoms with Crippen LogP contribution in [0.15, 0.2) is 61.5 Å². The molecule has 9 nitrogen and oxygen atoms in total. The maximum Gasteiger partial charge on any atom is 0.248 e. The molecule has 0 radical (unpaired) electrons. The largest absolute Gasteiger partial charge is 0.373 e. The van der Waals surface area contributed by atoms with Gasteiger partial charge in [-0.2, -0.15) is 0 Å². The van der Waals surface area contributed by atoms with Crippen LogP contribution in [-0.2, 0) is 4.79 Å². The number of carbonyl (C=O) groups excluding carboxylic acids is 1. The Morgan fingerprint density at radius 1 is 1.09 bits per heavy atom. The van der Waals surface area contributed by atoms with E-state index in [-0.39, 0.29) is 5.91 Å². The number of fused-ring (bicyclic) bond motifs is 1. The molecule has 4 heterocycles. The smallest absolute Gasteiger partial charge is 0.248 e. The van der Waals surface area contributed by atoms with Crippen molar-refractivity contribution in [3.63, 3.8) is 0 Å². The van der Waals surface area contributed by atoms with Crippen molar-refractivity contribution in [3.05, 3.63) is 61.5 Å². The lowest BCUT2D eigenvalue weighted by Crippen LogP contribution is -2.13. The van der Waals surface area contributed by atoms with Crippen molar-refractivity contribution in [2.75, 3.05) is 38.3 Å². The monoisotopic (exact) mass is 428 g/mol. The number of hydrogen-bond donors (Lipinski definition) is 3. The molecule has 0 aliphatic rings. The van der Waals surface area contributed by atoms with Crippen molar-refractivity contribution in [2.24, 2.45) is 0 Å². The lowest BCUT2D eigenvalue weighted by atomic mass is 10.1. The van der Waals surface area contributed by atoms with E-state index >= 15 is 0 Å². The third-order valence-electron chi connectivity index (χ3n) is 4.81. The molecule has 0 aliphatic heterocycles. The van der Waals surface area contributed by atoms with Gasteiger partial charge in [0, 0.05) is 66.4 Å². The van der Waals surface area contributed by atoms with E-state index in [1.54, 1.807) is 18.6 Å². The van der Waals surface area contributed by atoms with Crippen LogP contribution in [0.3, 0.4) is 0 Å². The van der Waals surface area contributed by atoms with E-state index in [9.17, 15) is 4.79 Å². The van der Waals surface area contributed by atoms with Crippen LogP contribution in [-0.4, -0.2) is 63.4 Å². The fourth-order valence-corrected chi connectivity index (χ4v) is 3.24. The van der Waals surface area contributed by atoms with E-state index in [1.165, 1.54) is 12.4 Å². The zero-order valence-corrected chi connectivity index (χ0v) is 18.1. The third-order valence-corrected chi connectivity index (χ3v) is 4.81. The summed E-state index contributed by atoms with van der Waals surface area (Å²) in [4.78, 5) is 34.7. The highest BCUT2D eigenvalue weighted by Crippen LogP contribution is 2.31. The van der Waals surface area contributed by atoms with E-state index in [0.717, 1.165) is 39.2 Å². The lowest BCUT2D eigenvalue weighted by molar-refractivity contribution is -0.111.